The van der Waals surface area contributed by atoms with Crippen molar-refractivity contribution in [3.8, 4) is 0 Å². The minimum Gasteiger partial charge on any atom is -0.378 e. The van der Waals surface area contributed by atoms with Crippen LogP contribution in [0.2, 0.25) is 0 Å². The van der Waals surface area contributed by atoms with E-state index in [1.165, 1.54) is 51.5 Å². The summed E-state index contributed by atoms with van der Waals surface area (Å²) in [5, 5.41) is 6.82. The van der Waals surface area contributed by atoms with E-state index in [4.69, 9.17) is 4.74 Å². The van der Waals surface area contributed by atoms with Crippen molar-refractivity contribution in [1.29, 1.82) is 0 Å². The first-order valence-electron chi connectivity index (χ1n) is 9.06. The number of ether oxygens (including phenoxy) is 1. The molecule has 0 bridgehead atoms. The molecule has 0 aromatic carbocycles. The number of guanidine groups is 1. The SMILES string of the molecule is CN=C(NCCCOC1CCCCC1)NCC1CCCN1C. The highest BCUT2D eigenvalue weighted by atomic mass is 16.5. The predicted molar refractivity (Wildman–Crippen MR) is 92.5 cm³/mol. The maximum Gasteiger partial charge on any atom is 0.191 e. The van der Waals surface area contributed by atoms with Gasteiger partial charge in [-0.05, 0) is 45.7 Å². The highest BCUT2D eigenvalue weighted by Crippen LogP contribution is 2.20. The zero-order valence-corrected chi connectivity index (χ0v) is 14.4. The average Bonchev–Trinajstić information content (AvgIpc) is 2.96. The van der Waals surface area contributed by atoms with Crippen LogP contribution >= 0.6 is 0 Å². The van der Waals surface area contributed by atoms with Gasteiger partial charge in [0.15, 0.2) is 5.96 Å². The molecule has 5 heteroatoms. The maximum atomic E-state index is 5.95. The molecule has 1 aliphatic heterocycles. The van der Waals surface area contributed by atoms with E-state index in [2.05, 4.69) is 27.6 Å². The molecule has 2 fully saturated rings. The van der Waals surface area contributed by atoms with E-state index < -0.39 is 0 Å². The van der Waals surface area contributed by atoms with Crippen LogP contribution in [-0.2, 0) is 4.74 Å². The zero-order valence-electron chi connectivity index (χ0n) is 14.4. The van der Waals surface area contributed by atoms with Crippen LogP contribution in [-0.4, -0.2) is 63.3 Å². The number of hydrogen-bond acceptors (Lipinski definition) is 3. The molecular weight excluding hydrogens is 276 g/mol. The summed E-state index contributed by atoms with van der Waals surface area (Å²) in [6.45, 7) is 3.98. The van der Waals surface area contributed by atoms with Gasteiger partial charge in [0.2, 0.25) is 0 Å². The maximum absolute atomic E-state index is 5.95. The molecule has 1 unspecified atom stereocenters. The molecule has 1 heterocycles. The summed E-state index contributed by atoms with van der Waals surface area (Å²) in [5.41, 5.74) is 0. The average molecular weight is 310 g/mol. The topological polar surface area (TPSA) is 48.9 Å². The number of likely N-dealkylation sites (N-methyl/N-ethyl adjacent to an activating group) is 1. The molecule has 5 nitrogen and oxygen atoms in total. The summed E-state index contributed by atoms with van der Waals surface area (Å²) < 4.78 is 5.95. The second-order valence-corrected chi connectivity index (χ2v) is 6.64. The van der Waals surface area contributed by atoms with Crippen LogP contribution in [0, 0.1) is 0 Å². The molecular formula is C17H34N4O. The first-order chi connectivity index (χ1) is 10.8. The Morgan fingerprint density at radius 1 is 1.14 bits per heavy atom. The van der Waals surface area contributed by atoms with Crippen molar-refractivity contribution in [1.82, 2.24) is 15.5 Å². The molecule has 128 valence electrons. The van der Waals surface area contributed by atoms with E-state index in [0.29, 0.717) is 12.1 Å². The first kappa shape index (κ1) is 17.5. The Bertz CT molecular complexity index is 329. The summed E-state index contributed by atoms with van der Waals surface area (Å²) in [6.07, 6.45) is 10.7. The van der Waals surface area contributed by atoms with Gasteiger partial charge in [-0.3, -0.25) is 4.99 Å². The summed E-state index contributed by atoms with van der Waals surface area (Å²) in [7, 11) is 4.05. The highest BCUT2D eigenvalue weighted by molar-refractivity contribution is 5.79. The fourth-order valence-electron chi connectivity index (χ4n) is 3.43. The predicted octanol–water partition coefficient (Wildman–Crippen LogP) is 1.99. The largest absolute Gasteiger partial charge is 0.378 e. The minimum atomic E-state index is 0.518. The minimum absolute atomic E-state index is 0.518. The van der Waals surface area contributed by atoms with Crippen LogP contribution in [0.1, 0.15) is 51.4 Å². The number of likely N-dealkylation sites (tertiary alicyclic amines) is 1. The number of aliphatic imine (C=N–C) groups is 1. The zero-order chi connectivity index (χ0) is 15.6. The third kappa shape index (κ3) is 6.13. The molecule has 0 aromatic heterocycles. The molecule has 2 rings (SSSR count). The lowest BCUT2D eigenvalue weighted by Gasteiger charge is -2.22. The lowest BCUT2D eigenvalue weighted by atomic mass is 9.98. The van der Waals surface area contributed by atoms with Gasteiger partial charge in [0.25, 0.3) is 0 Å². The third-order valence-electron chi connectivity index (χ3n) is 4.92. The van der Waals surface area contributed by atoms with Crippen LogP contribution in [0.15, 0.2) is 4.99 Å². The standard InChI is InChI=1S/C17H34N4O/c1-18-17(20-14-15-8-6-12-21(15)2)19-11-7-13-22-16-9-4-3-5-10-16/h15-16H,3-14H2,1-2H3,(H2,18,19,20). The normalized spacial score (nSPS) is 24.6. The van der Waals surface area contributed by atoms with Crippen molar-refractivity contribution in [2.45, 2.75) is 63.5 Å². The number of rotatable bonds is 7. The Balaban J connectivity index is 1.50. The van der Waals surface area contributed by atoms with E-state index in [9.17, 15) is 0 Å². The van der Waals surface area contributed by atoms with Crippen LogP contribution < -0.4 is 10.6 Å². The molecule has 2 N–H and O–H groups in total. The Hall–Kier alpha value is -0.810. The first-order valence-corrected chi connectivity index (χ1v) is 9.06. The quantitative estimate of drug-likeness (QED) is 0.429. The molecule has 0 spiro atoms. The van der Waals surface area contributed by atoms with E-state index in [1.807, 2.05) is 7.05 Å². The van der Waals surface area contributed by atoms with Crippen molar-refractivity contribution in [2.75, 3.05) is 40.3 Å². The van der Waals surface area contributed by atoms with E-state index in [1.54, 1.807) is 0 Å². The summed E-state index contributed by atoms with van der Waals surface area (Å²) >= 11 is 0. The monoisotopic (exact) mass is 310 g/mol. The van der Waals surface area contributed by atoms with Gasteiger partial charge < -0.3 is 20.3 Å². The van der Waals surface area contributed by atoms with E-state index in [-0.39, 0.29) is 0 Å². The summed E-state index contributed by atoms with van der Waals surface area (Å²) in [5.74, 6) is 0.915. The fraction of sp³-hybridized carbons (Fsp3) is 0.941. The number of nitrogens with zero attached hydrogens (tertiary/aromatic N) is 2. The highest BCUT2D eigenvalue weighted by Gasteiger charge is 2.20. The van der Waals surface area contributed by atoms with Crippen LogP contribution in [0.5, 0.6) is 0 Å². The van der Waals surface area contributed by atoms with Crippen molar-refractivity contribution < 1.29 is 4.74 Å². The second-order valence-electron chi connectivity index (χ2n) is 6.64. The van der Waals surface area contributed by atoms with Crippen molar-refractivity contribution in [3.05, 3.63) is 0 Å². The molecule has 1 saturated carbocycles. The second kappa shape index (κ2) is 10.1. The molecule has 22 heavy (non-hydrogen) atoms. The lowest BCUT2D eigenvalue weighted by molar-refractivity contribution is 0.0277. The van der Waals surface area contributed by atoms with Gasteiger partial charge in [-0.15, -0.1) is 0 Å². The van der Waals surface area contributed by atoms with Crippen LogP contribution in [0.4, 0.5) is 0 Å². The third-order valence-corrected chi connectivity index (χ3v) is 4.92. The van der Waals surface area contributed by atoms with Gasteiger partial charge in [-0.1, -0.05) is 19.3 Å². The Labute approximate surface area is 135 Å². The van der Waals surface area contributed by atoms with Gasteiger partial charge in [-0.25, -0.2) is 0 Å². The number of hydrogen-bond donors (Lipinski definition) is 2. The molecule has 1 atom stereocenters. The summed E-state index contributed by atoms with van der Waals surface area (Å²) in [6, 6.07) is 0.646. The molecule has 0 amide bonds. The molecule has 2 aliphatic rings. The van der Waals surface area contributed by atoms with Gasteiger partial charge in [0.05, 0.1) is 6.10 Å². The smallest absolute Gasteiger partial charge is 0.191 e. The molecule has 0 aromatic rings. The van der Waals surface area contributed by atoms with E-state index >= 15 is 0 Å². The van der Waals surface area contributed by atoms with Crippen molar-refractivity contribution >= 4 is 5.96 Å². The van der Waals surface area contributed by atoms with Crippen molar-refractivity contribution in [2.24, 2.45) is 4.99 Å². The van der Waals surface area contributed by atoms with Gasteiger partial charge in [-0.2, -0.15) is 0 Å². The number of nitrogens with one attached hydrogen (secondary N) is 2. The van der Waals surface area contributed by atoms with Crippen molar-refractivity contribution in [3.63, 3.8) is 0 Å². The Kier molecular flexibility index (Phi) is 8.02. The van der Waals surface area contributed by atoms with Crippen LogP contribution in [0.25, 0.3) is 0 Å². The molecule has 1 aliphatic carbocycles. The van der Waals surface area contributed by atoms with Gasteiger partial charge in [0.1, 0.15) is 0 Å². The Morgan fingerprint density at radius 2 is 1.95 bits per heavy atom. The van der Waals surface area contributed by atoms with Crippen LogP contribution in [0.3, 0.4) is 0 Å². The van der Waals surface area contributed by atoms with Gasteiger partial charge in [0, 0.05) is 32.8 Å². The van der Waals surface area contributed by atoms with E-state index in [0.717, 1.165) is 32.1 Å². The molecule has 0 radical (unpaired) electrons. The lowest BCUT2D eigenvalue weighted by Crippen LogP contribution is -2.44. The Morgan fingerprint density at radius 3 is 2.64 bits per heavy atom. The fourth-order valence-corrected chi connectivity index (χ4v) is 3.43. The molecule has 1 saturated heterocycles. The van der Waals surface area contributed by atoms with Gasteiger partial charge >= 0.3 is 0 Å². The summed E-state index contributed by atoms with van der Waals surface area (Å²) in [4.78, 5) is 6.73.